The van der Waals surface area contributed by atoms with E-state index in [0.717, 1.165) is 16.8 Å². The summed E-state index contributed by atoms with van der Waals surface area (Å²) in [4.78, 5) is 14.3. The lowest BCUT2D eigenvalue weighted by atomic mass is 10.1. The van der Waals surface area contributed by atoms with Crippen molar-refractivity contribution in [3.63, 3.8) is 0 Å². The molecule has 0 unspecified atom stereocenters. The molecule has 2 N–H and O–H groups in total. The van der Waals surface area contributed by atoms with E-state index >= 15 is 0 Å². The fourth-order valence-electron chi connectivity index (χ4n) is 2.67. The van der Waals surface area contributed by atoms with Gasteiger partial charge < -0.3 is 15.5 Å². The molecule has 5 heteroatoms. The van der Waals surface area contributed by atoms with Gasteiger partial charge in [-0.25, -0.2) is 4.39 Å². The van der Waals surface area contributed by atoms with Crippen molar-refractivity contribution in [1.82, 2.24) is 0 Å². The lowest BCUT2D eigenvalue weighted by Crippen LogP contribution is -2.32. The lowest BCUT2D eigenvalue weighted by molar-refractivity contribution is -0.116. The first-order valence-electron chi connectivity index (χ1n) is 8.86. The van der Waals surface area contributed by atoms with Gasteiger partial charge >= 0.3 is 0 Å². The normalized spacial score (nSPS) is 12.0. The maximum absolute atomic E-state index is 14.4. The second-order valence-corrected chi connectivity index (χ2v) is 7.04. The van der Waals surface area contributed by atoms with Gasteiger partial charge in [0.25, 0.3) is 0 Å². The Bertz CT molecular complexity index is 789. The van der Waals surface area contributed by atoms with Gasteiger partial charge in [-0.2, -0.15) is 0 Å². The zero-order chi connectivity index (χ0) is 19.4. The van der Waals surface area contributed by atoms with Crippen LogP contribution < -0.4 is 15.5 Å². The molecule has 26 heavy (non-hydrogen) atoms. The largest absolute Gasteiger partial charge is 0.374 e. The molecule has 4 nitrogen and oxygen atoms in total. The zero-order valence-corrected chi connectivity index (χ0v) is 16.4. The number of anilines is 3. The number of hydrogen-bond donors (Lipinski definition) is 2. The van der Waals surface area contributed by atoms with Crippen molar-refractivity contribution in [2.45, 2.75) is 46.7 Å². The number of nitrogens with one attached hydrogen (secondary N) is 2. The highest BCUT2D eigenvalue weighted by molar-refractivity contribution is 5.96. The van der Waals surface area contributed by atoms with Gasteiger partial charge in [0.1, 0.15) is 11.9 Å². The smallest absolute Gasteiger partial charge is 0.246 e. The summed E-state index contributed by atoms with van der Waals surface area (Å²) in [5, 5.41) is 5.97. The van der Waals surface area contributed by atoms with E-state index in [4.69, 9.17) is 0 Å². The molecule has 140 valence electrons. The molecule has 1 amide bonds. The Morgan fingerprint density at radius 3 is 2.35 bits per heavy atom. The van der Waals surface area contributed by atoms with Gasteiger partial charge in [-0.3, -0.25) is 4.79 Å². The van der Waals surface area contributed by atoms with Crippen molar-refractivity contribution in [3.8, 4) is 0 Å². The number of rotatable bonds is 6. The van der Waals surface area contributed by atoms with E-state index in [-0.39, 0.29) is 17.8 Å². The molecule has 0 aliphatic heterocycles. The minimum atomic E-state index is -0.496. The number of nitrogens with zero attached hydrogens (tertiary/aromatic N) is 1. The number of halogens is 1. The summed E-state index contributed by atoms with van der Waals surface area (Å²) in [6.07, 6.45) is 0. The molecule has 2 aromatic carbocycles. The van der Waals surface area contributed by atoms with Crippen LogP contribution in [0.1, 0.15) is 31.9 Å². The minimum Gasteiger partial charge on any atom is -0.374 e. The van der Waals surface area contributed by atoms with E-state index in [2.05, 4.69) is 10.6 Å². The highest BCUT2D eigenvalue weighted by atomic mass is 19.1. The maximum Gasteiger partial charge on any atom is 0.246 e. The van der Waals surface area contributed by atoms with E-state index in [1.54, 1.807) is 19.1 Å². The fraction of sp³-hybridized carbons (Fsp3) is 0.381. The van der Waals surface area contributed by atoms with Gasteiger partial charge in [-0.05, 0) is 64.4 Å². The molecule has 2 aromatic rings. The van der Waals surface area contributed by atoms with Crippen LogP contribution in [-0.4, -0.2) is 25.0 Å². The highest BCUT2D eigenvalue weighted by Crippen LogP contribution is 2.24. The van der Waals surface area contributed by atoms with Crippen LogP contribution in [0.5, 0.6) is 0 Å². The van der Waals surface area contributed by atoms with E-state index in [1.807, 2.05) is 57.8 Å². The predicted molar refractivity (Wildman–Crippen MR) is 108 cm³/mol. The minimum absolute atomic E-state index is 0.166. The fourth-order valence-corrected chi connectivity index (χ4v) is 2.67. The first-order valence-corrected chi connectivity index (χ1v) is 8.86. The molecule has 0 saturated heterocycles. The van der Waals surface area contributed by atoms with Gasteiger partial charge in [0, 0.05) is 24.5 Å². The van der Waals surface area contributed by atoms with Crippen molar-refractivity contribution >= 4 is 23.0 Å². The van der Waals surface area contributed by atoms with Gasteiger partial charge in [-0.1, -0.05) is 17.7 Å². The molecule has 0 aromatic heterocycles. The topological polar surface area (TPSA) is 44.4 Å². The SMILES string of the molecule is Cc1ccc(NC(=O)[C@@H](C)Nc2ccc(N(C)C(C)C)c(F)c2)c(C)c1. The van der Waals surface area contributed by atoms with Gasteiger partial charge in [-0.15, -0.1) is 0 Å². The van der Waals surface area contributed by atoms with Crippen LogP contribution in [0.15, 0.2) is 36.4 Å². The molecule has 1 atom stereocenters. The van der Waals surface area contributed by atoms with Crippen molar-refractivity contribution in [3.05, 3.63) is 53.3 Å². The number of carbonyl (C=O) groups excluding carboxylic acids is 1. The Balaban J connectivity index is 2.05. The Hall–Kier alpha value is -2.56. The Morgan fingerprint density at radius 2 is 1.77 bits per heavy atom. The average molecular weight is 357 g/mol. The van der Waals surface area contributed by atoms with E-state index < -0.39 is 6.04 Å². The van der Waals surface area contributed by atoms with Crippen molar-refractivity contribution in [2.24, 2.45) is 0 Å². The molecule has 0 aliphatic carbocycles. The van der Waals surface area contributed by atoms with Crippen LogP contribution in [0.4, 0.5) is 21.5 Å². The van der Waals surface area contributed by atoms with Crippen LogP contribution in [0.3, 0.4) is 0 Å². The van der Waals surface area contributed by atoms with Crippen LogP contribution in [-0.2, 0) is 4.79 Å². The van der Waals surface area contributed by atoms with Crippen molar-refractivity contribution < 1.29 is 9.18 Å². The molecular formula is C21H28FN3O. The number of benzene rings is 2. The molecule has 2 rings (SSSR count). The van der Waals surface area contributed by atoms with E-state index in [9.17, 15) is 9.18 Å². The quantitative estimate of drug-likeness (QED) is 0.786. The predicted octanol–water partition coefficient (Wildman–Crippen LogP) is 4.73. The molecule has 0 spiro atoms. The van der Waals surface area contributed by atoms with Crippen molar-refractivity contribution in [2.75, 3.05) is 22.6 Å². The summed E-state index contributed by atoms with van der Waals surface area (Å²) in [6, 6.07) is 10.5. The third kappa shape index (κ3) is 4.75. The molecular weight excluding hydrogens is 329 g/mol. The zero-order valence-electron chi connectivity index (χ0n) is 16.4. The summed E-state index contributed by atoms with van der Waals surface area (Å²) >= 11 is 0. The van der Waals surface area contributed by atoms with Crippen molar-refractivity contribution in [1.29, 1.82) is 0 Å². The van der Waals surface area contributed by atoms with Crippen LogP contribution >= 0.6 is 0 Å². The Morgan fingerprint density at radius 1 is 1.08 bits per heavy atom. The second kappa shape index (κ2) is 8.21. The number of aryl methyl sites for hydroxylation is 2. The monoisotopic (exact) mass is 357 g/mol. The van der Waals surface area contributed by atoms with Gasteiger partial charge in [0.2, 0.25) is 5.91 Å². The molecule has 0 radical (unpaired) electrons. The van der Waals surface area contributed by atoms with Crippen LogP contribution in [0, 0.1) is 19.7 Å². The highest BCUT2D eigenvalue weighted by Gasteiger charge is 2.16. The molecule has 0 saturated carbocycles. The number of carbonyl (C=O) groups is 1. The van der Waals surface area contributed by atoms with Gasteiger partial charge in [0.15, 0.2) is 0 Å². The third-order valence-corrected chi connectivity index (χ3v) is 4.52. The first kappa shape index (κ1) is 19.8. The number of amides is 1. The standard InChI is InChI=1S/C21H28FN3O/c1-13(2)25(6)20-10-8-17(12-18(20)22)23-16(5)21(26)24-19-9-7-14(3)11-15(19)4/h7-13,16,23H,1-6H3,(H,24,26)/t16-/m1/s1. The Kier molecular flexibility index (Phi) is 6.24. The van der Waals surface area contributed by atoms with Crippen LogP contribution in [0.2, 0.25) is 0 Å². The summed E-state index contributed by atoms with van der Waals surface area (Å²) < 4.78 is 14.4. The second-order valence-electron chi connectivity index (χ2n) is 7.04. The molecule has 0 heterocycles. The number of hydrogen-bond acceptors (Lipinski definition) is 3. The molecule has 0 fully saturated rings. The summed E-state index contributed by atoms with van der Waals surface area (Å²) in [5.41, 5.74) is 4.06. The summed E-state index contributed by atoms with van der Waals surface area (Å²) in [5.74, 6) is -0.478. The third-order valence-electron chi connectivity index (χ3n) is 4.52. The van der Waals surface area contributed by atoms with E-state index in [1.165, 1.54) is 6.07 Å². The Labute approximate surface area is 155 Å². The van der Waals surface area contributed by atoms with E-state index in [0.29, 0.717) is 11.4 Å². The van der Waals surface area contributed by atoms with Crippen LogP contribution in [0.25, 0.3) is 0 Å². The maximum atomic E-state index is 14.4. The average Bonchev–Trinajstić information content (AvgIpc) is 2.56. The summed E-state index contributed by atoms with van der Waals surface area (Å²) in [7, 11) is 1.86. The lowest BCUT2D eigenvalue weighted by Gasteiger charge is -2.25. The van der Waals surface area contributed by atoms with Gasteiger partial charge in [0.05, 0.1) is 5.69 Å². The summed E-state index contributed by atoms with van der Waals surface area (Å²) in [6.45, 7) is 9.73. The molecule has 0 bridgehead atoms. The molecule has 0 aliphatic rings. The first-order chi connectivity index (χ1) is 12.2.